The Hall–Kier alpha value is -0.510. The molecule has 0 radical (unpaired) electrons. The van der Waals surface area contributed by atoms with Crippen molar-refractivity contribution in [3.63, 3.8) is 0 Å². The number of rotatable bonds is 1. The van der Waals surface area contributed by atoms with Crippen molar-refractivity contribution in [3.05, 3.63) is 11.6 Å². The molecule has 0 aromatic rings. The normalized spacial score (nSPS) is 25.4. The van der Waals surface area contributed by atoms with E-state index in [0.717, 1.165) is 5.57 Å². The minimum Gasteiger partial charge on any atom is -0.302 e. The lowest BCUT2D eigenvalue weighted by Crippen LogP contribution is -2.39. The molecule has 1 atom stereocenters. The molecule has 1 aliphatic rings. The molecule has 0 saturated heterocycles. The number of likely N-dealkylation sites (N-methyl/N-ethyl adjacent to an activating group) is 1. The third kappa shape index (κ3) is 2.74. The summed E-state index contributed by atoms with van der Waals surface area (Å²) in [7, 11) is 1.73. The number of hydrogen-bond acceptors (Lipinski definition) is 1. The Balaban J connectivity index is 2.84. The summed E-state index contributed by atoms with van der Waals surface area (Å²) in [5.74, 6) is -1.10. The van der Waals surface area contributed by atoms with Gasteiger partial charge >= 0.3 is 6.18 Å². The van der Waals surface area contributed by atoms with E-state index in [4.69, 9.17) is 0 Å². The maximum atomic E-state index is 12.5. The van der Waals surface area contributed by atoms with Crippen LogP contribution in [0, 0.1) is 11.8 Å². The largest absolute Gasteiger partial charge is 0.396 e. The number of halogens is 3. The molecule has 0 amide bonds. The van der Waals surface area contributed by atoms with Crippen molar-refractivity contribution in [2.75, 3.05) is 20.1 Å². The fourth-order valence-corrected chi connectivity index (χ4v) is 1.65. The average Bonchev–Trinajstić information content (AvgIpc) is 2.01. The van der Waals surface area contributed by atoms with Crippen molar-refractivity contribution in [3.8, 4) is 0 Å². The second-order valence-corrected chi connectivity index (χ2v) is 4.24. The molecule has 1 aliphatic heterocycles. The van der Waals surface area contributed by atoms with Crippen LogP contribution >= 0.6 is 0 Å². The van der Waals surface area contributed by atoms with Gasteiger partial charge in [-0.1, -0.05) is 25.5 Å². The summed E-state index contributed by atoms with van der Waals surface area (Å²) in [6.07, 6.45) is -2.71. The van der Waals surface area contributed by atoms with E-state index in [1.807, 2.05) is 13.8 Å². The van der Waals surface area contributed by atoms with Gasteiger partial charge in [0, 0.05) is 13.1 Å². The van der Waals surface area contributed by atoms with Crippen molar-refractivity contribution in [1.29, 1.82) is 0 Å². The van der Waals surface area contributed by atoms with Gasteiger partial charge in [0.05, 0.1) is 5.92 Å². The van der Waals surface area contributed by atoms with E-state index in [-0.39, 0.29) is 12.5 Å². The van der Waals surface area contributed by atoms with E-state index in [1.54, 1.807) is 11.9 Å². The first kappa shape index (κ1) is 11.6. The number of nitrogens with zero attached hydrogens (tertiary/aromatic N) is 1. The maximum absolute atomic E-state index is 12.5. The van der Waals surface area contributed by atoms with Gasteiger partial charge in [-0.2, -0.15) is 13.2 Å². The Labute approximate surface area is 82.6 Å². The monoisotopic (exact) mass is 207 g/mol. The van der Waals surface area contributed by atoms with Crippen molar-refractivity contribution in [2.45, 2.75) is 20.0 Å². The highest BCUT2D eigenvalue weighted by Crippen LogP contribution is 2.32. The van der Waals surface area contributed by atoms with Crippen LogP contribution in [0.15, 0.2) is 11.6 Å². The second kappa shape index (κ2) is 3.93. The second-order valence-electron chi connectivity index (χ2n) is 4.24. The van der Waals surface area contributed by atoms with Crippen molar-refractivity contribution >= 4 is 0 Å². The third-order valence-electron chi connectivity index (χ3n) is 2.54. The molecule has 0 saturated carbocycles. The van der Waals surface area contributed by atoms with Gasteiger partial charge in [-0.3, -0.25) is 0 Å². The zero-order valence-corrected chi connectivity index (χ0v) is 8.73. The van der Waals surface area contributed by atoms with E-state index in [0.29, 0.717) is 6.54 Å². The van der Waals surface area contributed by atoms with E-state index >= 15 is 0 Å². The highest BCUT2D eigenvalue weighted by Gasteiger charge is 2.40. The van der Waals surface area contributed by atoms with E-state index in [9.17, 15) is 13.2 Å². The van der Waals surface area contributed by atoms with Crippen LogP contribution < -0.4 is 0 Å². The molecule has 1 nitrogen and oxygen atoms in total. The van der Waals surface area contributed by atoms with Crippen LogP contribution in [0.2, 0.25) is 0 Å². The van der Waals surface area contributed by atoms with Crippen LogP contribution in [-0.4, -0.2) is 31.2 Å². The lowest BCUT2D eigenvalue weighted by atomic mass is 9.93. The standard InChI is InChI=1S/C10H16F3N/c1-7(2)8-4-9(10(11,12)13)6-14(3)5-8/h4,7,9H,5-6H2,1-3H3. The van der Waals surface area contributed by atoms with E-state index in [2.05, 4.69) is 0 Å². The molecule has 1 rings (SSSR count). The topological polar surface area (TPSA) is 3.24 Å². The van der Waals surface area contributed by atoms with Crippen molar-refractivity contribution in [1.82, 2.24) is 4.90 Å². The highest BCUT2D eigenvalue weighted by atomic mass is 19.4. The Morgan fingerprint density at radius 1 is 1.43 bits per heavy atom. The average molecular weight is 207 g/mol. The lowest BCUT2D eigenvalue weighted by molar-refractivity contribution is -0.166. The molecule has 4 heteroatoms. The zero-order chi connectivity index (χ0) is 10.9. The Morgan fingerprint density at radius 2 is 2.00 bits per heavy atom. The van der Waals surface area contributed by atoms with Gasteiger partial charge in [0.25, 0.3) is 0 Å². The molecule has 1 unspecified atom stereocenters. The van der Waals surface area contributed by atoms with Crippen LogP contribution in [0.3, 0.4) is 0 Å². The van der Waals surface area contributed by atoms with Gasteiger partial charge in [-0.15, -0.1) is 0 Å². The number of hydrogen-bond donors (Lipinski definition) is 0. The highest BCUT2D eigenvalue weighted by molar-refractivity contribution is 5.14. The van der Waals surface area contributed by atoms with Gasteiger partial charge in [0.15, 0.2) is 0 Å². The summed E-state index contributed by atoms with van der Waals surface area (Å²) in [5.41, 5.74) is 0.890. The number of alkyl halides is 3. The molecule has 0 aromatic carbocycles. The van der Waals surface area contributed by atoms with Gasteiger partial charge in [0.1, 0.15) is 0 Å². The third-order valence-corrected chi connectivity index (χ3v) is 2.54. The molecule has 0 aliphatic carbocycles. The molecule has 0 bridgehead atoms. The molecule has 82 valence electrons. The van der Waals surface area contributed by atoms with Gasteiger partial charge in [-0.05, 0) is 13.0 Å². The van der Waals surface area contributed by atoms with Crippen LogP contribution in [0.25, 0.3) is 0 Å². The Bertz CT molecular complexity index is 230. The Morgan fingerprint density at radius 3 is 2.43 bits per heavy atom. The lowest BCUT2D eigenvalue weighted by Gasteiger charge is -2.31. The summed E-state index contributed by atoms with van der Waals surface area (Å²) in [4.78, 5) is 1.73. The molecule has 1 heterocycles. The summed E-state index contributed by atoms with van der Waals surface area (Å²) in [5, 5.41) is 0. The summed E-state index contributed by atoms with van der Waals surface area (Å²) in [6.45, 7) is 4.60. The van der Waals surface area contributed by atoms with Crippen molar-refractivity contribution < 1.29 is 13.2 Å². The van der Waals surface area contributed by atoms with Gasteiger partial charge in [0.2, 0.25) is 0 Å². The Kier molecular flexibility index (Phi) is 3.24. The first-order valence-corrected chi connectivity index (χ1v) is 4.76. The molecule has 0 fully saturated rings. The molecule has 0 aromatic heterocycles. The summed E-state index contributed by atoms with van der Waals surface area (Å²) >= 11 is 0. The predicted molar refractivity (Wildman–Crippen MR) is 50.0 cm³/mol. The molecule has 0 N–H and O–H groups in total. The minimum atomic E-state index is -4.10. The van der Waals surface area contributed by atoms with E-state index in [1.165, 1.54) is 6.08 Å². The maximum Gasteiger partial charge on any atom is 0.396 e. The summed E-state index contributed by atoms with van der Waals surface area (Å²) < 4.78 is 37.4. The fraction of sp³-hybridized carbons (Fsp3) is 0.800. The first-order valence-electron chi connectivity index (χ1n) is 4.76. The fourth-order valence-electron chi connectivity index (χ4n) is 1.65. The van der Waals surface area contributed by atoms with Crippen LogP contribution in [0.4, 0.5) is 13.2 Å². The zero-order valence-electron chi connectivity index (χ0n) is 8.73. The van der Waals surface area contributed by atoms with Gasteiger partial charge in [-0.25, -0.2) is 0 Å². The molecular weight excluding hydrogens is 191 g/mol. The van der Waals surface area contributed by atoms with E-state index < -0.39 is 12.1 Å². The summed E-state index contributed by atoms with van der Waals surface area (Å²) in [6, 6.07) is 0. The van der Waals surface area contributed by atoms with Crippen LogP contribution in [-0.2, 0) is 0 Å². The minimum absolute atomic E-state index is 0.0831. The van der Waals surface area contributed by atoms with Crippen LogP contribution in [0.5, 0.6) is 0 Å². The van der Waals surface area contributed by atoms with Crippen LogP contribution in [0.1, 0.15) is 13.8 Å². The molecular formula is C10H16F3N. The SMILES string of the molecule is CC(C)C1=CC(C(F)(F)F)CN(C)C1. The quantitative estimate of drug-likeness (QED) is 0.597. The van der Waals surface area contributed by atoms with Gasteiger partial charge < -0.3 is 4.90 Å². The molecule has 14 heavy (non-hydrogen) atoms. The predicted octanol–water partition coefficient (Wildman–Crippen LogP) is 2.69. The molecule has 0 spiro atoms. The smallest absolute Gasteiger partial charge is 0.302 e. The van der Waals surface area contributed by atoms with Crippen molar-refractivity contribution in [2.24, 2.45) is 11.8 Å². The first-order chi connectivity index (χ1) is 6.30.